The molecule has 1 aliphatic rings. The van der Waals surface area contributed by atoms with Crippen LogP contribution in [0.2, 0.25) is 0 Å². The van der Waals surface area contributed by atoms with Gasteiger partial charge in [-0.25, -0.2) is 0 Å². The molecule has 1 saturated heterocycles. The first-order valence-electron chi connectivity index (χ1n) is 5.15. The summed E-state index contributed by atoms with van der Waals surface area (Å²) in [6.07, 6.45) is 3.58. The molecule has 0 N–H and O–H groups in total. The fraction of sp³-hybridized carbons (Fsp3) is 1.00. The Morgan fingerprint density at radius 3 is 2.36 bits per heavy atom. The molecule has 0 aromatic carbocycles. The van der Waals surface area contributed by atoms with Gasteiger partial charge in [-0.05, 0) is 26.5 Å². The molecule has 0 saturated carbocycles. The van der Waals surface area contributed by atoms with Gasteiger partial charge >= 0.3 is 0 Å². The number of thioether (sulfide) groups is 1. The summed E-state index contributed by atoms with van der Waals surface area (Å²) in [6, 6.07) is 0. The van der Waals surface area contributed by atoms with E-state index >= 15 is 0 Å². The van der Waals surface area contributed by atoms with Crippen molar-refractivity contribution in [1.29, 1.82) is 0 Å². The summed E-state index contributed by atoms with van der Waals surface area (Å²) in [5.74, 6) is 0. The Morgan fingerprint density at radius 2 is 1.93 bits per heavy atom. The van der Waals surface area contributed by atoms with Crippen LogP contribution in [0.4, 0.5) is 0 Å². The lowest BCUT2D eigenvalue weighted by Gasteiger charge is -2.33. The van der Waals surface area contributed by atoms with Crippen molar-refractivity contribution >= 4 is 11.8 Å². The van der Waals surface area contributed by atoms with Gasteiger partial charge in [0.1, 0.15) is 6.10 Å². The molecule has 0 bridgehead atoms. The molecule has 1 fully saturated rings. The summed E-state index contributed by atoms with van der Waals surface area (Å²) in [7, 11) is 0. The summed E-state index contributed by atoms with van der Waals surface area (Å²) < 4.78 is 11.3. The van der Waals surface area contributed by atoms with Crippen molar-refractivity contribution in [3.8, 4) is 0 Å². The lowest BCUT2D eigenvalue weighted by molar-refractivity contribution is -0.0344. The second-order valence-corrected chi connectivity index (χ2v) is 6.68. The Bertz CT molecular complexity index is 186. The highest BCUT2D eigenvalue weighted by atomic mass is 32.2. The number of epoxide rings is 1. The zero-order valence-electron chi connectivity index (χ0n) is 9.92. The summed E-state index contributed by atoms with van der Waals surface area (Å²) in [6.45, 7) is 10.5. The first kappa shape index (κ1) is 12.3. The van der Waals surface area contributed by atoms with E-state index in [2.05, 4.69) is 34.0 Å². The normalized spacial score (nSPS) is 22.5. The van der Waals surface area contributed by atoms with Gasteiger partial charge in [0.15, 0.2) is 0 Å². The highest BCUT2D eigenvalue weighted by Gasteiger charge is 2.31. The van der Waals surface area contributed by atoms with Crippen molar-refractivity contribution in [3.05, 3.63) is 0 Å². The van der Waals surface area contributed by atoms with Crippen molar-refractivity contribution < 1.29 is 9.47 Å². The van der Waals surface area contributed by atoms with Crippen LogP contribution in [0.3, 0.4) is 0 Å². The van der Waals surface area contributed by atoms with Gasteiger partial charge in [0.25, 0.3) is 0 Å². The van der Waals surface area contributed by atoms with E-state index in [4.69, 9.17) is 9.47 Å². The zero-order chi connectivity index (χ0) is 10.8. The first-order valence-corrected chi connectivity index (χ1v) is 6.38. The monoisotopic (exact) mass is 218 g/mol. The molecule has 0 amide bonds. The van der Waals surface area contributed by atoms with Gasteiger partial charge in [-0.3, -0.25) is 0 Å². The molecule has 0 spiro atoms. The van der Waals surface area contributed by atoms with Crippen LogP contribution in [0.25, 0.3) is 0 Å². The third kappa shape index (κ3) is 4.67. The first-order chi connectivity index (χ1) is 6.35. The predicted molar refractivity (Wildman–Crippen MR) is 62.0 cm³/mol. The summed E-state index contributed by atoms with van der Waals surface area (Å²) in [5, 5.41) is 0. The smallest absolute Gasteiger partial charge is 0.104 e. The average Bonchev–Trinajstić information content (AvgIpc) is 2.82. The third-order valence-corrected chi connectivity index (χ3v) is 3.72. The van der Waals surface area contributed by atoms with Gasteiger partial charge in [-0.2, -0.15) is 11.8 Å². The van der Waals surface area contributed by atoms with Crippen LogP contribution in [0.5, 0.6) is 0 Å². The number of ether oxygens (including phenoxy) is 2. The number of rotatable bonds is 6. The van der Waals surface area contributed by atoms with Crippen LogP contribution < -0.4 is 0 Å². The molecule has 2 nitrogen and oxygen atoms in total. The molecule has 1 aliphatic heterocycles. The minimum absolute atomic E-state index is 0.0432. The lowest BCUT2D eigenvalue weighted by atomic mass is 9.95. The van der Waals surface area contributed by atoms with E-state index in [1.165, 1.54) is 0 Å². The highest BCUT2D eigenvalue weighted by molar-refractivity contribution is 7.99. The van der Waals surface area contributed by atoms with E-state index in [-0.39, 0.29) is 10.3 Å². The molecule has 0 aromatic rings. The summed E-state index contributed by atoms with van der Waals surface area (Å²) >= 11 is 1.89. The van der Waals surface area contributed by atoms with Crippen LogP contribution in [0.1, 0.15) is 34.1 Å². The molecule has 0 aromatic heterocycles. The Morgan fingerprint density at radius 1 is 1.36 bits per heavy atom. The molecule has 14 heavy (non-hydrogen) atoms. The summed E-state index contributed by atoms with van der Waals surface area (Å²) in [4.78, 5) is 0. The van der Waals surface area contributed by atoms with Crippen LogP contribution >= 0.6 is 11.8 Å². The minimum Gasteiger partial charge on any atom is -0.373 e. The Kier molecular flexibility index (Phi) is 3.89. The van der Waals surface area contributed by atoms with Crippen molar-refractivity contribution in [1.82, 2.24) is 0 Å². The Hall–Kier alpha value is 0.270. The van der Waals surface area contributed by atoms with Gasteiger partial charge < -0.3 is 9.47 Å². The van der Waals surface area contributed by atoms with Crippen molar-refractivity contribution in [2.24, 2.45) is 0 Å². The molecule has 84 valence electrons. The average molecular weight is 218 g/mol. The maximum atomic E-state index is 5.85. The van der Waals surface area contributed by atoms with Gasteiger partial charge in [0.2, 0.25) is 0 Å². The number of hydrogen-bond acceptors (Lipinski definition) is 3. The zero-order valence-corrected chi connectivity index (χ0v) is 10.7. The maximum Gasteiger partial charge on any atom is 0.104 e. The van der Waals surface area contributed by atoms with Crippen LogP contribution in [0, 0.1) is 0 Å². The standard InChI is InChI=1S/C11H22O2S/c1-10(2,8-11(3,4)14-5)13-7-9-6-12-9/h9H,6-8H2,1-5H3. The van der Waals surface area contributed by atoms with Crippen LogP contribution in [-0.4, -0.2) is 35.9 Å². The van der Waals surface area contributed by atoms with Crippen molar-refractivity contribution in [3.63, 3.8) is 0 Å². The molecular formula is C11H22O2S. The summed E-state index contributed by atoms with van der Waals surface area (Å²) in [5.41, 5.74) is -0.0432. The van der Waals surface area contributed by atoms with E-state index in [1.807, 2.05) is 11.8 Å². The van der Waals surface area contributed by atoms with Gasteiger partial charge in [-0.15, -0.1) is 0 Å². The SMILES string of the molecule is CSC(C)(C)CC(C)(C)OCC1CO1. The van der Waals surface area contributed by atoms with E-state index in [1.54, 1.807) is 0 Å². The molecule has 1 heterocycles. The van der Waals surface area contributed by atoms with Gasteiger partial charge in [0.05, 0.1) is 18.8 Å². The van der Waals surface area contributed by atoms with Crippen molar-refractivity contribution in [2.75, 3.05) is 19.5 Å². The van der Waals surface area contributed by atoms with Crippen molar-refractivity contribution in [2.45, 2.75) is 50.6 Å². The van der Waals surface area contributed by atoms with E-state index < -0.39 is 0 Å². The third-order valence-electron chi connectivity index (χ3n) is 2.47. The molecule has 3 heteroatoms. The largest absolute Gasteiger partial charge is 0.373 e. The number of hydrogen-bond donors (Lipinski definition) is 0. The quantitative estimate of drug-likeness (QED) is 0.640. The van der Waals surface area contributed by atoms with E-state index in [0.29, 0.717) is 6.10 Å². The molecule has 0 radical (unpaired) electrons. The van der Waals surface area contributed by atoms with Gasteiger partial charge in [0, 0.05) is 4.75 Å². The fourth-order valence-corrected chi connectivity index (χ4v) is 2.12. The topological polar surface area (TPSA) is 21.8 Å². The molecule has 1 rings (SSSR count). The lowest BCUT2D eigenvalue weighted by Crippen LogP contribution is -2.34. The predicted octanol–water partition coefficient (Wildman–Crippen LogP) is 2.71. The molecular weight excluding hydrogens is 196 g/mol. The van der Waals surface area contributed by atoms with Crippen LogP contribution in [0.15, 0.2) is 0 Å². The van der Waals surface area contributed by atoms with Crippen LogP contribution in [-0.2, 0) is 9.47 Å². The Balaban J connectivity index is 2.30. The van der Waals surface area contributed by atoms with E-state index in [0.717, 1.165) is 19.6 Å². The maximum absolute atomic E-state index is 5.85. The molecule has 0 aliphatic carbocycles. The Labute approximate surface area is 91.7 Å². The highest BCUT2D eigenvalue weighted by Crippen LogP contribution is 2.33. The van der Waals surface area contributed by atoms with Gasteiger partial charge in [-0.1, -0.05) is 13.8 Å². The van der Waals surface area contributed by atoms with E-state index in [9.17, 15) is 0 Å². The fourth-order valence-electron chi connectivity index (χ4n) is 1.63. The second-order valence-electron chi connectivity index (χ2n) is 5.17. The molecule has 1 atom stereocenters. The molecule has 1 unspecified atom stereocenters. The second kappa shape index (κ2) is 4.42. The minimum atomic E-state index is -0.0432.